The maximum absolute atomic E-state index is 12.2. The summed E-state index contributed by atoms with van der Waals surface area (Å²) in [6, 6.07) is 11.2. The van der Waals surface area contributed by atoms with Crippen molar-refractivity contribution in [2.24, 2.45) is 0 Å². The number of hydrogen-bond donors (Lipinski definition) is 1. The lowest BCUT2D eigenvalue weighted by Crippen LogP contribution is -2.09. The van der Waals surface area contributed by atoms with Gasteiger partial charge in [-0.1, -0.05) is 12.1 Å². The van der Waals surface area contributed by atoms with Crippen LogP contribution >= 0.6 is 11.8 Å². The largest absolute Gasteiger partial charge is 0.493 e. The van der Waals surface area contributed by atoms with Crippen LogP contribution in [0.1, 0.15) is 24.2 Å². The molecule has 2 N–H and O–H groups in total. The lowest BCUT2D eigenvalue weighted by molar-refractivity contribution is -0.143. The third kappa shape index (κ3) is 5.23. The van der Waals surface area contributed by atoms with E-state index in [2.05, 4.69) is 0 Å². The van der Waals surface area contributed by atoms with Gasteiger partial charge in [0.1, 0.15) is 0 Å². The highest BCUT2D eigenvalue weighted by Crippen LogP contribution is 2.46. The Bertz CT molecular complexity index is 756. The zero-order valence-electron chi connectivity index (χ0n) is 16.0. The fourth-order valence-corrected chi connectivity index (χ4v) is 3.79. The molecule has 0 saturated carbocycles. The van der Waals surface area contributed by atoms with Gasteiger partial charge >= 0.3 is 5.97 Å². The fraction of sp³-hybridized carbons (Fsp3) is 0.350. The summed E-state index contributed by atoms with van der Waals surface area (Å²) in [5, 5.41) is -0.234. The van der Waals surface area contributed by atoms with Crippen LogP contribution in [0.2, 0.25) is 0 Å². The van der Waals surface area contributed by atoms with Crippen LogP contribution in [-0.2, 0) is 9.53 Å². The first kappa shape index (κ1) is 20.8. The van der Waals surface area contributed by atoms with E-state index in [0.29, 0.717) is 29.5 Å². The highest BCUT2D eigenvalue weighted by molar-refractivity contribution is 7.99. The predicted molar refractivity (Wildman–Crippen MR) is 107 cm³/mol. The van der Waals surface area contributed by atoms with Gasteiger partial charge in [-0.3, -0.25) is 4.79 Å². The highest BCUT2D eigenvalue weighted by Gasteiger charge is 2.23. The number of esters is 1. The van der Waals surface area contributed by atoms with E-state index in [0.717, 1.165) is 10.5 Å². The summed E-state index contributed by atoms with van der Waals surface area (Å²) >= 11 is 1.50. The second-order valence-corrected chi connectivity index (χ2v) is 6.86. The highest BCUT2D eigenvalue weighted by atomic mass is 32.2. The molecule has 1 atom stereocenters. The number of para-hydroxylation sites is 1. The van der Waals surface area contributed by atoms with Gasteiger partial charge in [0.25, 0.3) is 0 Å². The molecule has 0 aromatic heterocycles. The molecule has 6 nitrogen and oxygen atoms in total. The molecule has 0 radical (unpaired) electrons. The summed E-state index contributed by atoms with van der Waals surface area (Å²) in [6.45, 7) is 2.12. The molecule has 0 saturated heterocycles. The molecule has 0 aliphatic carbocycles. The zero-order chi connectivity index (χ0) is 19.8. The molecule has 0 unspecified atom stereocenters. The third-order valence-corrected chi connectivity index (χ3v) is 5.25. The third-order valence-electron chi connectivity index (χ3n) is 3.90. The van der Waals surface area contributed by atoms with Crippen LogP contribution in [0.3, 0.4) is 0 Å². The van der Waals surface area contributed by atoms with Gasteiger partial charge in [0.05, 0.1) is 34.4 Å². The Morgan fingerprint density at radius 2 is 1.70 bits per heavy atom. The van der Waals surface area contributed by atoms with E-state index >= 15 is 0 Å². The van der Waals surface area contributed by atoms with Crippen molar-refractivity contribution in [3.05, 3.63) is 42.0 Å². The Balaban J connectivity index is 2.45. The number of anilines is 1. The van der Waals surface area contributed by atoms with Gasteiger partial charge in [0.15, 0.2) is 11.5 Å². The summed E-state index contributed by atoms with van der Waals surface area (Å²) in [5.41, 5.74) is 7.60. The van der Waals surface area contributed by atoms with E-state index in [-0.39, 0.29) is 17.6 Å². The Kier molecular flexibility index (Phi) is 7.67. The van der Waals surface area contributed by atoms with Crippen LogP contribution in [0.15, 0.2) is 41.3 Å². The van der Waals surface area contributed by atoms with Gasteiger partial charge in [0, 0.05) is 15.8 Å². The second-order valence-electron chi connectivity index (χ2n) is 5.61. The molecular formula is C20H25NO5S. The van der Waals surface area contributed by atoms with Crippen LogP contribution in [0.4, 0.5) is 5.69 Å². The Morgan fingerprint density at radius 1 is 1.07 bits per heavy atom. The molecule has 7 heteroatoms. The van der Waals surface area contributed by atoms with Gasteiger partial charge in [0.2, 0.25) is 5.75 Å². The number of ether oxygens (including phenoxy) is 4. The summed E-state index contributed by atoms with van der Waals surface area (Å²) in [4.78, 5) is 13.1. The van der Waals surface area contributed by atoms with Crippen molar-refractivity contribution in [1.82, 2.24) is 0 Å². The van der Waals surface area contributed by atoms with Crippen molar-refractivity contribution in [2.45, 2.75) is 23.5 Å². The standard InChI is InChI=1S/C20H25NO5S/c1-5-26-19(22)12-18(27-17-9-7-6-8-14(17)21)13-10-15(23-2)20(25-4)16(11-13)24-3/h6-11,18H,5,12,21H2,1-4H3/t18-/m1/s1. The summed E-state index contributed by atoms with van der Waals surface area (Å²) < 4.78 is 21.4. The van der Waals surface area contributed by atoms with Gasteiger partial charge in [-0.05, 0) is 36.8 Å². The molecule has 0 spiro atoms. The maximum Gasteiger partial charge on any atom is 0.307 e. The minimum absolute atomic E-state index is 0.186. The van der Waals surface area contributed by atoms with Crippen LogP contribution in [0.5, 0.6) is 17.2 Å². The number of hydrogen-bond acceptors (Lipinski definition) is 7. The molecular weight excluding hydrogens is 366 g/mol. The Morgan fingerprint density at radius 3 is 2.22 bits per heavy atom. The van der Waals surface area contributed by atoms with Gasteiger partial charge < -0.3 is 24.7 Å². The second kappa shape index (κ2) is 9.97. The van der Waals surface area contributed by atoms with Crippen molar-refractivity contribution in [1.29, 1.82) is 0 Å². The van der Waals surface area contributed by atoms with Crippen LogP contribution in [-0.4, -0.2) is 33.9 Å². The van der Waals surface area contributed by atoms with Crippen molar-refractivity contribution >= 4 is 23.4 Å². The van der Waals surface area contributed by atoms with Gasteiger partial charge in [-0.2, -0.15) is 0 Å². The molecule has 0 heterocycles. The summed E-state index contributed by atoms with van der Waals surface area (Å²) in [5.74, 6) is 1.28. The quantitative estimate of drug-likeness (QED) is 0.392. The first-order chi connectivity index (χ1) is 13.0. The number of carbonyl (C=O) groups is 1. The van der Waals surface area contributed by atoms with Crippen molar-refractivity contribution in [3.8, 4) is 17.2 Å². The van der Waals surface area contributed by atoms with Crippen molar-refractivity contribution in [3.63, 3.8) is 0 Å². The number of methoxy groups -OCH3 is 3. The molecule has 0 amide bonds. The molecule has 2 aromatic rings. The number of rotatable bonds is 9. The number of carbonyl (C=O) groups excluding carboxylic acids is 1. The lowest BCUT2D eigenvalue weighted by Gasteiger charge is -2.20. The summed E-state index contributed by atoms with van der Waals surface area (Å²) in [6.07, 6.45) is 0.186. The van der Waals surface area contributed by atoms with E-state index < -0.39 is 0 Å². The molecule has 2 aromatic carbocycles. The van der Waals surface area contributed by atoms with Crippen LogP contribution < -0.4 is 19.9 Å². The molecule has 0 aliphatic heterocycles. The van der Waals surface area contributed by atoms with E-state index in [9.17, 15) is 4.79 Å². The van der Waals surface area contributed by atoms with Crippen LogP contribution in [0.25, 0.3) is 0 Å². The first-order valence-electron chi connectivity index (χ1n) is 8.50. The first-order valence-corrected chi connectivity index (χ1v) is 9.38. The number of nitrogens with two attached hydrogens (primary N) is 1. The number of benzene rings is 2. The van der Waals surface area contributed by atoms with Crippen molar-refractivity contribution in [2.75, 3.05) is 33.7 Å². The van der Waals surface area contributed by atoms with Gasteiger partial charge in [-0.25, -0.2) is 0 Å². The SMILES string of the molecule is CCOC(=O)C[C@@H](Sc1ccccc1N)c1cc(OC)c(OC)c(OC)c1. The van der Waals surface area contributed by atoms with E-state index in [4.69, 9.17) is 24.7 Å². The minimum atomic E-state index is -0.279. The normalized spacial score (nSPS) is 11.6. The number of thioether (sulfide) groups is 1. The van der Waals surface area contributed by atoms with E-state index in [1.807, 2.05) is 36.4 Å². The smallest absolute Gasteiger partial charge is 0.307 e. The molecule has 27 heavy (non-hydrogen) atoms. The molecule has 2 rings (SSSR count). The maximum atomic E-state index is 12.2. The monoisotopic (exact) mass is 391 g/mol. The predicted octanol–water partition coefficient (Wildman–Crippen LogP) is 4.08. The zero-order valence-corrected chi connectivity index (χ0v) is 16.8. The average molecular weight is 391 g/mol. The molecule has 146 valence electrons. The Labute approximate surface area is 163 Å². The minimum Gasteiger partial charge on any atom is -0.493 e. The Hall–Kier alpha value is -2.54. The molecule has 0 fully saturated rings. The lowest BCUT2D eigenvalue weighted by atomic mass is 10.1. The molecule has 0 bridgehead atoms. The number of nitrogen functional groups attached to an aromatic ring is 1. The van der Waals surface area contributed by atoms with Crippen molar-refractivity contribution < 1.29 is 23.7 Å². The molecule has 0 aliphatic rings. The van der Waals surface area contributed by atoms with E-state index in [1.165, 1.54) is 11.8 Å². The summed E-state index contributed by atoms with van der Waals surface area (Å²) in [7, 11) is 4.67. The fourth-order valence-electron chi connectivity index (χ4n) is 2.63. The van der Waals surface area contributed by atoms with E-state index in [1.54, 1.807) is 28.3 Å². The van der Waals surface area contributed by atoms with Gasteiger partial charge in [-0.15, -0.1) is 11.8 Å². The topological polar surface area (TPSA) is 80.0 Å². The van der Waals surface area contributed by atoms with Crippen LogP contribution in [0, 0.1) is 0 Å². The average Bonchev–Trinajstić information content (AvgIpc) is 2.68.